The molecular weight excluding hydrogens is 470 g/mol. The zero-order valence-electron chi connectivity index (χ0n) is 18.8. The van der Waals surface area contributed by atoms with Gasteiger partial charge < -0.3 is 4.90 Å². The number of hydrogen-bond acceptors (Lipinski definition) is 4. The summed E-state index contributed by atoms with van der Waals surface area (Å²) in [5.74, 6) is -0.980. The number of carbonyl (C=O) groups excluding carboxylic acids is 3. The van der Waals surface area contributed by atoms with Gasteiger partial charge in [0.25, 0.3) is 11.8 Å². The van der Waals surface area contributed by atoms with E-state index in [1.807, 2.05) is 6.92 Å². The van der Waals surface area contributed by atoms with Gasteiger partial charge in [0.2, 0.25) is 0 Å². The number of benzene rings is 2. The maximum Gasteiger partial charge on any atom is 0.335 e. The summed E-state index contributed by atoms with van der Waals surface area (Å²) in [5, 5.41) is 2.29. The highest BCUT2D eigenvalue weighted by Gasteiger charge is 2.38. The predicted molar refractivity (Wildman–Crippen MR) is 130 cm³/mol. The molecule has 1 N–H and O–H groups in total. The van der Waals surface area contributed by atoms with Crippen LogP contribution in [0.2, 0.25) is 0 Å². The Morgan fingerprint density at radius 1 is 1.12 bits per heavy atom. The highest BCUT2D eigenvalue weighted by Crippen LogP contribution is 2.43. The molecule has 4 rings (SSSR count). The molecule has 0 aliphatic carbocycles. The van der Waals surface area contributed by atoms with Crippen molar-refractivity contribution in [3.05, 3.63) is 63.1 Å². The highest BCUT2D eigenvalue weighted by molar-refractivity contribution is 9.10. The summed E-state index contributed by atoms with van der Waals surface area (Å²) in [5.41, 5.74) is 4.49. The van der Waals surface area contributed by atoms with Gasteiger partial charge in [0, 0.05) is 22.7 Å². The number of anilines is 2. The number of urea groups is 1. The molecule has 0 aromatic heterocycles. The molecule has 2 aromatic carbocycles. The van der Waals surface area contributed by atoms with E-state index >= 15 is 0 Å². The van der Waals surface area contributed by atoms with Gasteiger partial charge in [0.1, 0.15) is 5.57 Å². The average Bonchev–Trinajstić information content (AvgIpc) is 2.71. The smallest absolute Gasteiger partial charge is 0.335 e. The molecular formula is C25H26BrN3O3. The number of imide groups is 2. The molecule has 1 fully saturated rings. The van der Waals surface area contributed by atoms with Crippen LogP contribution in [0.3, 0.4) is 0 Å². The number of hydrogen-bond donors (Lipinski definition) is 1. The van der Waals surface area contributed by atoms with Crippen molar-refractivity contribution >= 4 is 51.2 Å². The standard InChI is InChI=1S/C25H26BrN3O3/c1-14-10-21-19(15(2)13-25(3,4)28(21)5)11-16(14)12-20-22(30)27-24(32)29(23(20)31)18-8-6-17(26)7-9-18/h6-12,15H,13H2,1-5H3,(H,27,30,32)/b20-12+/t15-/m1/s1. The number of carbonyl (C=O) groups is 3. The van der Waals surface area contributed by atoms with E-state index in [0.717, 1.165) is 26.9 Å². The van der Waals surface area contributed by atoms with Gasteiger partial charge in [-0.3, -0.25) is 14.9 Å². The molecule has 4 amide bonds. The number of nitrogens with zero attached hydrogens (tertiary/aromatic N) is 2. The Kier molecular flexibility index (Phi) is 5.49. The van der Waals surface area contributed by atoms with Crippen molar-refractivity contribution in [1.29, 1.82) is 0 Å². The fourth-order valence-corrected chi connectivity index (χ4v) is 4.79. The average molecular weight is 496 g/mol. The molecule has 6 nitrogen and oxygen atoms in total. The molecule has 0 saturated carbocycles. The van der Waals surface area contributed by atoms with Gasteiger partial charge in [-0.1, -0.05) is 22.9 Å². The van der Waals surface area contributed by atoms with Gasteiger partial charge >= 0.3 is 6.03 Å². The van der Waals surface area contributed by atoms with Crippen LogP contribution >= 0.6 is 15.9 Å². The summed E-state index contributed by atoms with van der Waals surface area (Å²) in [6, 6.07) is 10.2. The predicted octanol–water partition coefficient (Wildman–Crippen LogP) is 5.15. The molecule has 1 atom stereocenters. The summed E-state index contributed by atoms with van der Waals surface area (Å²) in [4.78, 5) is 41.5. The van der Waals surface area contributed by atoms with Gasteiger partial charge in [-0.15, -0.1) is 0 Å². The van der Waals surface area contributed by atoms with Crippen molar-refractivity contribution < 1.29 is 14.4 Å². The monoisotopic (exact) mass is 495 g/mol. The van der Waals surface area contributed by atoms with Gasteiger partial charge in [0.15, 0.2) is 0 Å². The lowest BCUT2D eigenvalue weighted by atomic mass is 9.79. The molecule has 0 radical (unpaired) electrons. The van der Waals surface area contributed by atoms with Crippen molar-refractivity contribution in [2.75, 3.05) is 16.8 Å². The molecule has 7 heteroatoms. The van der Waals surface area contributed by atoms with Crippen LogP contribution in [0.5, 0.6) is 0 Å². The Labute approximate surface area is 196 Å². The van der Waals surface area contributed by atoms with E-state index in [2.05, 4.69) is 66.1 Å². The van der Waals surface area contributed by atoms with Crippen LogP contribution in [0.25, 0.3) is 6.08 Å². The van der Waals surface area contributed by atoms with E-state index in [1.54, 1.807) is 30.3 Å². The zero-order valence-corrected chi connectivity index (χ0v) is 20.4. The van der Waals surface area contributed by atoms with Crippen LogP contribution in [-0.2, 0) is 9.59 Å². The first kappa shape index (κ1) is 22.3. The number of barbiturate groups is 1. The Morgan fingerprint density at radius 2 is 1.78 bits per heavy atom. The number of amides is 4. The molecule has 32 heavy (non-hydrogen) atoms. The normalized spacial score (nSPS) is 21.6. The fourth-order valence-electron chi connectivity index (χ4n) is 4.53. The summed E-state index contributed by atoms with van der Waals surface area (Å²) in [6.07, 6.45) is 2.60. The third kappa shape index (κ3) is 3.75. The van der Waals surface area contributed by atoms with Crippen LogP contribution in [0.1, 0.15) is 49.8 Å². The molecule has 0 unspecified atom stereocenters. The topological polar surface area (TPSA) is 69.7 Å². The first-order valence-corrected chi connectivity index (χ1v) is 11.3. The van der Waals surface area contributed by atoms with Crippen molar-refractivity contribution in [2.24, 2.45) is 0 Å². The van der Waals surface area contributed by atoms with Crippen molar-refractivity contribution in [1.82, 2.24) is 5.32 Å². The van der Waals surface area contributed by atoms with Crippen molar-refractivity contribution in [3.63, 3.8) is 0 Å². The minimum absolute atomic E-state index is 0.0452. The van der Waals surface area contributed by atoms with E-state index in [-0.39, 0.29) is 11.1 Å². The Morgan fingerprint density at radius 3 is 2.44 bits per heavy atom. The first-order chi connectivity index (χ1) is 15.0. The molecule has 0 spiro atoms. The summed E-state index contributed by atoms with van der Waals surface area (Å²) in [6.45, 7) is 8.63. The third-order valence-electron chi connectivity index (χ3n) is 6.51. The molecule has 1 saturated heterocycles. The maximum absolute atomic E-state index is 13.2. The zero-order chi connectivity index (χ0) is 23.4. The van der Waals surface area contributed by atoms with E-state index < -0.39 is 17.8 Å². The Hall–Kier alpha value is -2.93. The second-order valence-corrected chi connectivity index (χ2v) is 10.1. The quantitative estimate of drug-likeness (QED) is 0.462. The number of aryl methyl sites for hydroxylation is 1. The fraction of sp³-hybridized carbons (Fsp3) is 0.320. The minimum Gasteiger partial charge on any atom is -0.369 e. The second-order valence-electron chi connectivity index (χ2n) is 9.18. The van der Waals surface area contributed by atoms with Crippen LogP contribution < -0.4 is 15.1 Å². The van der Waals surface area contributed by atoms with E-state index in [4.69, 9.17) is 0 Å². The molecule has 2 aliphatic rings. The van der Waals surface area contributed by atoms with Crippen LogP contribution in [0.4, 0.5) is 16.2 Å². The summed E-state index contributed by atoms with van der Waals surface area (Å²) >= 11 is 3.35. The maximum atomic E-state index is 13.2. The van der Waals surface area contributed by atoms with Crippen molar-refractivity contribution in [2.45, 2.75) is 45.6 Å². The lowest BCUT2D eigenvalue weighted by Crippen LogP contribution is -2.54. The first-order valence-electron chi connectivity index (χ1n) is 10.5. The Bertz CT molecular complexity index is 1170. The van der Waals surface area contributed by atoms with Gasteiger partial charge in [-0.05, 0) is 92.3 Å². The van der Waals surface area contributed by atoms with Crippen molar-refractivity contribution in [3.8, 4) is 0 Å². The highest BCUT2D eigenvalue weighted by atomic mass is 79.9. The lowest BCUT2D eigenvalue weighted by molar-refractivity contribution is -0.122. The molecule has 2 aromatic rings. The summed E-state index contributed by atoms with van der Waals surface area (Å²) < 4.78 is 0.824. The largest absolute Gasteiger partial charge is 0.369 e. The third-order valence-corrected chi connectivity index (χ3v) is 7.04. The van der Waals surface area contributed by atoms with E-state index in [0.29, 0.717) is 11.6 Å². The minimum atomic E-state index is -0.751. The van der Waals surface area contributed by atoms with Gasteiger partial charge in [0.05, 0.1) is 5.69 Å². The molecule has 0 bridgehead atoms. The van der Waals surface area contributed by atoms with Crippen LogP contribution in [-0.4, -0.2) is 30.4 Å². The molecule has 2 heterocycles. The molecule has 166 valence electrons. The van der Waals surface area contributed by atoms with Crippen LogP contribution in [0, 0.1) is 6.92 Å². The molecule has 2 aliphatic heterocycles. The van der Waals surface area contributed by atoms with E-state index in [9.17, 15) is 14.4 Å². The van der Waals surface area contributed by atoms with Gasteiger partial charge in [-0.25, -0.2) is 9.69 Å². The number of nitrogens with one attached hydrogen (secondary N) is 1. The number of halogens is 1. The second kappa shape index (κ2) is 7.89. The van der Waals surface area contributed by atoms with Gasteiger partial charge in [-0.2, -0.15) is 0 Å². The van der Waals surface area contributed by atoms with Crippen LogP contribution in [0.15, 0.2) is 46.4 Å². The summed E-state index contributed by atoms with van der Waals surface area (Å²) in [7, 11) is 2.10. The number of fused-ring (bicyclic) bond motifs is 1. The van der Waals surface area contributed by atoms with E-state index in [1.165, 1.54) is 11.3 Å². The Balaban J connectivity index is 1.77. The SMILES string of the molecule is Cc1cc2c(cc1/C=C1\C(=O)NC(=O)N(c3ccc(Br)cc3)C1=O)[C@H](C)CC(C)(C)N2C. The number of rotatable bonds is 2. The lowest BCUT2D eigenvalue weighted by Gasteiger charge is -2.45.